The molecule has 5 nitrogen and oxygen atoms in total. The lowest BCUT2D eigenvalue weighted by Gasteiger charge is -2.19. The van der Waals surface area contributed by atoms with E-state index >= 15 is 0 Å². The number of esters is 1. The van der Waals surface area contributed by atoms with Crippen LogP contribution in [0.3, 0.4) is 0 Å². The summed E-state index contributed by atoms with van der Waals surface area (Å²) in [7, 11) is 4.98. The summed E-state index contributed by atoms with van der Waals surface area (Å²) in [5.41, 5.74) is 2.35. The van der Waals surface area contributed by atoms with Gasteiger partial charge in [0.1, 0.15) is 5.75 Å². The van der Waals surface area contributed by atoms with Gasteiger partial charge in [0.2, 0.25) is 0 Å². The van der Waals surface area contributed by atoms with Crippen LogP contribution in [0.15, 0.2) is 42.6 Å². The van der Waals surface area contributed by atoms with E-state index in [2.05, 4.69) is 14.6 Å². The van der Waals surface area contributed by atoms with Gasteiger partial charge in [-0.2, -0.15) is 0 Å². The van der Waals surface area contributed by atoms with Gasteiger partial charge in [-0.15, -0.1) is 0 Å². The summed E-state index contributed by atoms with van der Waals surface area (Å²) in [6.07, 6.45) is 1.53. The molecule has 0 aliphatic rings. The van der Waals surface area contributed by atoms with Crippen molar-refractivity contribution in [1.29, 1.82) is 0 Å². The zero-order chi connectivity index (χ0) is 15.2. The van der Waals surface area contributed by atoms with E-state index in [1.54, 1.807) is 13.2 Å². The summed E-state index contributed by atoms with van der Waals surface area (Å²) >= 11 is 0. The van der Waals surface area contributed by atoms with Gasteiger partial charge in [-0.3, -0.25) is 4.98 Å². The smallest absolute Gasteiger partial charge is 0.339 e. The van der Waals surface area contributed by atoms with Crippen LogP contribution in [0.4, 0.5) is 5.69 Å². The Balaban J connectivity index is 2.08. The van der Waals surface area contributed by atoms with E-state index < -0.39 is 0 Å². The van der Waals surface area contributed by atoms with E-state index in [9.17, 15) is 4.79 Å². The molecule has 0 atom stereocenters. The van der Waals surface area contributed by atoms with E-state index in [4.69, 9.17) is 4.74 Å². The Morgan fingerprint density at radius 3 is 2.67 bits per heavy atom. The van der Waals surface area contributed by atoms with E-state index in [0.29, 0.717) is 12.1 Å². The van der Waals surface area contributed by atoms with Crippen LogP contribution in [0.25, 0.3) is 0 Å². The molecule has 21 heavy (non-hydrogen) atoms. The number of rotatable bonds is 5. The predicted octanol–water partition coefficient (Wildman–Crippen LogP) is 2.51. The Kier molecular flexibility index (Phi) is 4.77. The largest absolute Gasteiger partial charge is 0.497 e. The van der Waals surface area contributed by atoms with Crippen molar-refractivity contribution < 1.29 is 14.3 Å². The Labute approximate surface area is 124 Å². The molecule has 1 heterocycles. The molecule has 0 radical (unpaired) electrons. The number of hydrogen-bond donors (Lipinski definition) is 0. The van der Waals surface area contributed by atoms with Crippen LogP contribution in [0, 0.1) is 0 Å². The van der Waals surface area contributed by atoms with Gasteiger partial charge in [-0.05, 0) is 24.3 Å². The number of carbonyl (C=O) groups excluding carboxylic acids is 1. The molecule has 1 aromatic carbocycles. The third-order valence-electron chi connectivity index (χ3n) is 3.14. The molecule has 0 amide bonds. The normalized spacial score (nSPS) is 10.0. The minimum atomic E-state index is -0.379. The zero-order valence-electron chi connectivity index (χ0n) is 12.4. The Morgan fingerprint density at radius 1 is 1.24 bits per heavy atom. The summed E-state index contributed by atoms with van der Waals surface area (Å²) < 4.78 is 9.86. The molecule has 2 rings (SSSR count). The van der Waals surface area contributed by atoms with Crippen molar-refractivity contribution in [3.8, 4) is 5.75 Å². The van der Waals surface area contributed by atoms with Crippen molar-refractivity contribution in [2.75, 3.05) is 26.2 Å². The summed E-state index contributed by atoms with van der Waals surface area (Å²) in [4.78, 5) is 17.7. The van der Waals surface area contributed by atoms with Gasteiger partial charge in [0, 0.05) is 25.0 Å². The maximum atomic E-state index is 11.4. The molecular formula is C16H18N2O3. The number of carbonyl (C=O) groups is 1. The third-order valence-corrected chi connectivity index (χ3v) is 3.14. The molecule has 1 aromatic heterocycles. The van der Waals surface area contributed by atoms with Crippen LogP contribution in [0.5, 0.6) is 5.75 Å². The molecule has 0 saturated carbocycles. The maximum absolute atomic E-state index is 11.4. The third kappa shape index (κ3) is 3.72. The van der Waals surface area contributed by atoms with Crippen molar-refractivity contribution in [2.45, 2.75) is 6.54 Å². The summed E-state index contributed by atoms with van der Waals surface area (Å²) in [6.45, 7) is 0.634. The van der Waals surface area contributed by atoms with Crippen molar-refractivity contribution in [2.24, 2.45) is 0 Å². The van der Waals surface area contributed by atoms with Crippen molar-refractivity contribution in [1.82, 2.24) is 4.98 Å². The molecule has 0 aliphatic carbocycles. The number of aromatic nitrogens is 1. The molecule has 110 valence electrons. The van der Waals surface area contributed by atoms with Gasteiger partial charge < -0.3 is 14.4 Å². The van der Waals surface area contributed by atoms with E-state index in [1.807, 2.05) is 37.4 Å². The number of anilines is 1. The summed E-state index contributed by atoms with van der Waals surface area (Å²) in [5.74, 6) is 0.434. The van der Waals surface area contributed by atoms with Crippen molar-refractivity contribution >= 4 is 11.7 Å². The van der Waals surface area contributed by atoms with Gasteiger partial charge in [-0.25, -0.2) is 4.79 Å². The molecular weight excluding hydrogens is 268 g/mol. The highest BCUT2D eigenvalue weighted by Gasteiger charge is 2.08. The summed E-state index contributed by atoms with van der Waals surface area (Å²) in [5, 5.41) is 0. The second-order valence-electron chi connectivity index (χ2n) is 4.59. The number of methoxy groups -OCH3 is 2. The second-order valence-corrected chi connectivity index (χ2v) is 4.59. The monoisotopic (exact) mass is 286 g/mol. The number of hydrogen-bond acceptors (Lipinski definition) is 5. The van der Waals surface area contributed by atoms with Crippen LogP contribution in [-0.4, -0.2) is 32.2 Å². The zero-order valence-corrected chi connectivity index (χ0v) is 12.4. The Hall–Kier alpha value is -2.56. The minimum Gasteiger partial charge on any atom is -0.497 e. The molecule has 0 saturated heterocycles. The lowest BCUT2D eigenvalue weighted by atomic mass is 10.2. The molecule has 0 bridgehead atoms. The first kappa shape index (κ1) is 14.8. The molecule has 2 aromatic rings. The van der Waals surface area contributed by atoms with Gasteiger partial charge in [0.25, 0.3) is 0 Å². The van der Waals surface area contributed by atoms with E-state index in [0.717, 1.165) is 17.1 Å². The number of benzene rings is 1. The SMILES string of the molecule is COC(=O)c1ccc(CN(C)c2cccc(OC)c2)nc1. The number of nitrogens with zero attached hydrogens (tertiary/aromatic N) is 2. The molecule has 0 unspecified atom stereocenters. The lowest BCUT2D eigenvalue weighted by molar-refractivity contribution is 0.0600. The van der Waals surface area contributed by atoms with Crippen molar-refractivity contribution in [3.05, 3.63) is 53.9 Å². The fourth-order valence-electron chi connectivity index (χ4n) is 1.94. The highest BCUT2D eigenvalue weighted by molar-refractivity contribution is 5.88. The van der Waals surface area contributed by atoms with Gasteiger partial charge in [0.05, 0.1) is 32.0 Å². The highest BCUT2D eigenvalue weighted by atomic mass is 16.5. The Bertz CT molecular complexity index is 611. The molecule has 0 N–H and O–H groups in total. The molecule has 0 aliphatic heterocycles. The van der Waals surface area contributed by atoms with Crippen LogP contribution in [0.1, 0.15) is 16.1 Å². The van der Waals surface area contributed by atoms with Crippen LogP contribution in [-0.2, 0) is 11.3 Å². The lowest BCUT2D eigenvalue weighted by Crippen LogP contribution is -2.17. The predicted molar refractivity (Wildman–Crippen MR) is 80.7 cm³/mol. The average molecular weight is 286 g/mol. The fourth-order valence-corrected chi connectivity index (χ4v) is 1.94. The summed E-state index contributed by atoms with van der Waals surface area (Å²) in [6, 6.07) is 11.4. The average Bonchev–Trinajstić information content (AvgIpc) is 2.54. The minimum absolute atomic E-state index is 0.379. The van der Waals surface area contributed by atoms with Gasteiger partial charge in [0.15, 0.2) is 0 Å². The standard InChI is InChI=1S/C16H18N2O3/c1-18(14-5-4-6-15(9-14)20-2)11-13-8-7-12(10-17-13)16(19)21-3/h4-10H,11H2,1-3H3. The van der Waals surface area contributed by atoms with E-state index in [-0.39, 0.29) is 5.97 Å². The van der Waals surface area contributed by atoms with E-state index in [1.165, 1.54) is 13.3 Å². The first-order chi connectivity index (χ1) is 10.1. The fraction of sp³-hybridized carbons (Fsp3) is 0.250. The Morgan fingerprint density at radius 2 is 2.05 bits per heavy atom. The van der Waals surface area contributed by atoms with Crippen LogP contribution < -0.4 is 9.64 Å². The molecule has 5 heteroatoms. The first-order valence-electron chi connectivity index (χ1n) is 6.52. The molecule has 0 fully saturated rings. The van der Waals surface area contributed by atoms with Crippen LogP contribution >= 0.6 is 0 Å². The number of ether oxygens (including phenoxy) is 2. The second kappa shape index (κ2) is 6.74. The van der Waals surface area contributed by atoms with Crippen molar-refractivity contribution in [3.63, 3.8) is 0 Å². The van der Waals surface area contributed by atoms with Gasteiger partial charge in [-0.1, -0.05) is 6.07 Å². The maximum Gasteiger partial charge on any atom is 0.339 e. The quantitative estimate of drug-likeness (QED) is 0.790. The first-order valence-corrected chi connectivity index (χ1v) is 6.52. The topological polar surface area (TPSA) is 51.7 Å². The number of pyridine rings is 1. The van der Waals surface area contributed by atoms with Crippen LogP contribution in [0.2, 0.25) is 0 Å². The molecule has 0 spiro atoms. The van der Waals surface area contributed by atoms with Gasteiger partial charge >= 0.3 is 5.97 Å². The highest BCUT2D eigenvalue weighted by Crippen LogP contribution is 2.21.